The number of allylic oxidation sites excluding steroid dienone is 2. The Morgan fingerprint density at radius 1 is 1.50 bits per heavy atom. The molecule has 0 aromatic carbocycles. The molecule has 0 saturated heterocycles. The fourth-order valence-corrected chi connectivity index (χ4v) is 1.11. The summed E-state index contributed by atoms with van der Waals surface area (Å²) in [7, 11) is 0. The molecule has 0 N–H and O–H groups in total. The molecule has 2 nitrogen and oxygen atoms in total. The lowest BCUT2D eigenvalue weighted by atomic mass is 10.0. The van der Waals surface area contributed by atoms with Crippen molar-refractivity contribution in [3.63, 3.8) is 0 Å². The molecule has 0 rings (SSSR count). The Morgan fingerprint density at radius 3 is 2.43 bits per heavy atom. The molecule has 1 atom stereocenters. The van der Waals surface area contributed by atoms with E-state index in [2.05, 4.69) is 12.0 Å². The van der Waals surface area contributed by atoms with Crippen molar-refractivity contribution in [3.8, 4) is 12.3 Å². The summed E-state index contributed by atoms with van der Waals surface area (Å²) in [5, 5.41) is 0. The van der Waals surface area contributed by atoms with Crippen molar-refractivity contribution in [3.05, 3.63) is 11.6 Å². The van der Waals surface area contributed by atoms with Crippen molar-refractivity contribution in [1.29, 1.82) is 0 Å². The van der Waals surface area contributed by atoms with Crippen LogP contribution < -0.4 is 0 Å². The van der Waals surface area contributed by atoms with Gasteiger partial charge in [-0.15, -0.1) is 6.42 Å². The van der Waals surface area contributed by atoms with Gasteiger partial charge < -0.3 is 4.74 Å². The molecule has 0 aliphatic rings. The van der Waals surface area contributed by atoms with Crippen LogP contribution in [0.15, 0.2) is 11.6 Å². The predicted octanol–water partition coefficient (Wildman–Crippen LogP) is 2.69. The summed E-state index contributed by atoms with van der Waals surface area (Å²) in [6.07, 6.45) is 8.90. The van der Waals surface area contributed by atoms with E-state index in [0.717, 1.165) is 6.42 Å². The highest BCUT2D eigenvalue weighted by Gasteiger charge is 2.23. The van der Waals surface area contributed by atoms with Crippen LogP contribution in [0.3, 0.4) is 0 Å². The SMILES string of the molecule is C#C[C@@](C)(CCC=C(C)C)OC(C)=O. The van der Waals surface area contributed by atoms with Gasteiger partial charge in [0.15, 0.2) is 5.60 Å². The van der Waals surface area contributed by atoms with Crippen LogP contribution in [0.25, 0.3) is 0 Å². The van der Waals surface area contributed by atoms with Crippen molar-refractivity contribution in [1.82, 2.24) is 0 Å². The van der Waals surface area contributed by atoms with E-state index in [9.17, 15) is 4.79 Å². The number of esters is 1. The van der Waals surface area contributed by atoms with Crippen LogP contribution in [-0.4, -0.2) is 11.6 Å². The lowest BCUT2D eigenvalue weighted by Gasteiger charge is -2.22. The Labute approximate surface area is 86.3 Å². The smallest absolute Gasteiger partial charge is 0.304 e. The molecule has 14 heavy (non-hydrogen) atoms. The second-order valence-electron chi connectivity index (χ2n) is 3.79. The molecule has 0 heterocycles. The maximum absolute atomic E-state index is 10.8. The Kier molecular flexibility index (Phi) is 5.01. The van der Waals surface area contributed by atoms with Crippen molar-refractivity contribution in [2.75, 3.05) is 0 Å². The Morgan fingerprint density at radius 2 is 2.07 bits per heavy atom. The minimum atomic E-state index is -0.766. The lowest BCUT2D eigenvalue weighted by molar-refractivity contribution is -0.150. The van der Waals surface area contributed by atoms with Crippen molar-refractivity contribution in [2.45, 2.75) is 46.1 Å². The van der Waals surface area contributed by atoms with Crippen LogP contribution in [0.2, 0.25) is 0 Å². The third-order valence-electron chi connectivity index (χ3n) is 1.85. The first-order valence-electron chi connectivity index (χ1n) is 4.70. The fourth-order valence-electron chi connectivity index (χ4n) is 1.11. The van der Waals surface area contributed by atoms with Crippen LogP contribution in [0.1, 0.15) is 40.5 Å². The van der Waals surface area contributed by atoms with Gasteiger partial charge in [0.1, 0.15) is 0 Å². The summed E-state index contributed by atoms with van der Waals surface area (Å²) in [4.78, 5) is 10.8. The van der Waals surface area contributed by atoms with Crippen LogP contribution >= 0.6 is 0 Å². The maximum Gasteiger partial charge on any atom is 0.304 e. The number of carbonyl (C=O) groups is 1. The molecule has 78 valence electrons. The highest BCUT2D eigenvalue weighted by molar-refractivity contribution is 5.67. The molecule has 0 saturated carbocycles. The lowest BCUT2D eigenvalue weighted by Crippen LogP contribution is -2.28. The van der Waals surface area contributed by atoms with Crippen LogP contribution in [0, 0.1) is 12.3 Å². The Hall–Kier alpha value is -1.23. The molecule has 0 amide bonds. The molecule has 0 radical (unpaired) electrons. The number of carbonyl (C=O) groups excluding carboxylic acids is 1. The van der Waals surface area contributed by atoms with Gasteiger partial charge in [0, 0.05) is 13.3 Å². The first-order valence-corrected chi connectivity index (χ1v) is 4.70. The molecule has 0 aliphatic carbocycles. The van der Waals surface area contributed by atoms with Crippen molar-refractivity contribution < 1.29 is 9.53 Å². The fraction of sp³-hybridized carbons (Fsp3) is 0.583. The van der Waals surface area contributed by atoms with E-state index in [-0.39, 0.29) is 5.97 Å². The van der Waals surface area contributed by atoms with E-state index in [4.69, 9.17) is 11.2 Å². The van der Waals surface area contributed by atoms with Crippen LogP contribution in [0.5, 0.6) is 0 Å². The van der Waals surface area contributed by atoms with Gasteiger partial charge >= 0.3 is 5.97 Å². The monoisotopic (exact) mass is 194 g/mol. The van der Waals surface area contributed by atoms with E-state index in [1.165, 1.54) is 12.5 Å². The first-order chi connectivity index (χ1) is 6.39. The van der Waals surface area contributed by atoms with Crippen molar-refractivity contribution in [2.24, 2.45) is 0 Å². The summed E-state index contributed by atoms with van der Waals surface area (Å²) in [6.45, 7) is 7.18. The number of ether oxygens (including phenoxy) is 1. The minimum absolute atomic E-state index is 0.331. The third-order valence-corrected chi connectivity index (χ3v) is 1.85. The zero-order valence-corrected chi connectivity index (χ0v) is 9.39. The normalized spacial score (nSPS) is 13.6. The van der Waals surface area contributed by atoms with Gasteiger partial charge in [-0.2, -0.15) is 0 Å². The summed E-state index contributed by atoms with van der Waals surface area (Å²) in [5.74, 6) is 2.18. The number of rotatable bonds is 4. The summed E-state index contributed by atoms with van der Waals surface area (Å²) in [5.41, 5.74) is 0.477. The number of hydrogen-bond donors (Lipinski definition) is 0. The van der Waals surface area contributed by atoms with E-state index in [1.807, 2.05) is 13.8 Å². The van der Waals surface area contributed by atoms with Gasteiger partial charge in [-0.25, -0.2) is 0 Å². The van der Waals surface area contributed by atoms with Gasteiger partial charge in [0.25, 0.3) is 0 Å². The second-order valence-corrected chi connectivity index (χ2v) is 3.79. The Balaban J connectivity index is 4.21. The summed E-state index contributed by atoms with van der Waals surface area (Å²) in [6, 6.07) is 0. The van der Waals surface area contributed by atoms with E-state index < -0.39 is 5.60 Å². The molecule has 0 fully saturated rings. The standard InChI is InChI=1S/C12H18O2/c1-6-12(5,14-11(4)13)9-7-8-10(2)3/h1,8H,7,9H2,2-5H3/t12-/m0/s1. The minimum Gasteiger partial charge on any atom is -0.446 e. The maximum atomic E-state index is 10.8. The number of hydrogen-bond acceptors (Lipinski definition) is 2. The third kappa shape index (κ3) is 5.42. The largest absolute Gasteiger partial charge is 0.446 e. The van der Waals surface area contributed by atoms with Crippen LogP contribution in [-0.2, 0) is 9.53 Å². The zero-order chi connectivity index (χ0) is 11.2. The van der Waals surface area contributed by atoms with E-state index in [1.54, 1.807) is 6.92 Å². The van der Waals surface area contributed by atoms with Crippen molar-refractivity contribution >= 4 is 5.97 Å². The average Bonchev–Trinajstić information content (AvgIpc) is 2.02. The van der Waals surface area contributed by atoms with Gasteiger partial charge in [-0.05, 0) is 27.2 Å². The van der Waals surface area contributed by atoms with Gasteiger partial charge in [-0.3, -0.25) is 4.79 Å². The molecule has 0 unspecified atom stereocenters. The number of terminal acetylenes is 1. The molecule has 0 aromatic rings. The van der Waals surface area contributed by atoms with Gasteiger partial charge in [-0.1, -0.05) is 17.6 Å². The molecule has 2 heteroatoms. The highest BCUT2D eigenvalue weighted by atomic mass is 16.6. The van der Waals surface area contributed by atoms with Gasteiger partial charge in [0.05, 0.1) is 0 Å². The molecular formula is C12H18O2. The Bertz CT molecular complexity index is 267. The molecule has 0 bridgehead atoms. The van der Waals surface area contributed by atoms with E-state index in [0.29, 0.717) is 6.42 Å². The topological polar surface area (TPSA) is 26.3 Å². The van der Waals surface area contributed by atoms with Crippen LogP contribution in [0.4, 0.5) is 0 Å². The summed E-state index contributed by atoms with van der Waals surface area (Å²) < 4.78 is 5.06. The first kappa shape index (κ1) is 12.8. The molecule has 0 spiro atoms. The average molecular weight is 194 g/mol. The molecule has 0 aromatic heterocycles. The predicted molar refractivity (Wildman–Crippen MR) is 57.7 cm³/mol. The highest BCUT2D eigenvalue weighted by Crippen LogP contribution is 2.17. The van der Waals surface area contributed by atoms with E-state index >= 15 is 0 Å². The second kappa shape index (κ2) is 5.49. The molecule has 0 aliphatic heterocycles. The van der Waals surface area contributed by atoms with Gasteiger partial charge in [0.2, 0.25) is 0 Å². The quantitative estimate of drug-likeness (QED) is 0.391. The summed E-state index contributed by atoms with van der Waals surface area (Å²) >= 11 is 0. The zero-order valence-electron chi connectivity index (χ0n) is 9.39. The molecular weight excluding hydrogens is 176 g/mol.